The van der Waals surface area contributed by atoms with E-state index < -0.39 is 17.1 Å². The summed E-state index contributed by atoms with van der Waals surface area (Å²) in [5.74, 6) is -0.495. The van der Waals surface area contributed by atoms with Crippen molar-refractivity contribution in [3.8, 4) is 0 Å². The topological polar surface area (TPSA) is 78.3 Å². The van der Waals surface area contributed by atoms with Crippen molar-refractivity contribution >= 4 is 22.4 Å². The summed E-state index contributed by atoms with van der Waals surface area (Å²) in [5, 5.41) is 1.92. The van der Waals surface area contributed by atoms with Crippen LogP contribution in [0.4, 0.5) is 0 Å². The summed E-state index contributed by atoms with van der Waals surface area (Å²) in [6.45, 7) is 5.45. The molecule has 4 heteroatoms. The summed E-state index contributed by atoms with van der Waals surface area (Å²) in [6, 6.07) is 11.6. The highest BCUT2D eigenvalue weighted by atomic mass is 16.6. The average Bonchev–Trinajstić information content (AvgIpc) is 2.42. The molecular formula is C18H20N2O2. The largest absolute Gasteiger partial charge is 0.458 e. The fourth-order valence-corrected chi connectivity index (χ4v) is 2.86. The van der Waals surface area contributed by atoms with Crippen LogP contribution in [0.25, 0.3) is 16.5 Å². The monoisotopic (exact) mass is 296 g/mol. The molecule has 0 aromatic heterocycles. The minimum absolute atomic E-state index is 0.495. The molecule has 0 fully saturated rings. The second-order valence-electron chi connectivity index (χ2n) is 6.68. The average molecular weight is 296 g/mol. The van der Waals surface area contributed by atoms with Crippen molar-refractivity contribution in [2.75, 3.05) is 0 Å². The van der Waals surface area contributed by atoms with Crippen LogP contribution in [0.1, 0.15) is 31.9 Å². The summed E-state index contributed by atoms with van der Waals surface area (Å²) in [7, 11) is 0. The Bertz CT molecular complexity index is 797. The third-order valence-electron chi connectivity index (χ3n) is 3.78. The molecule has 2 aromatic carbocycles. The Morgan fingerprint density at radius 2 is 1.77 bits per heavy atom. The van der Waals surface area contributed by atoms with Gasteiger partial charge in [-0.1, -0.05) is 36.4 Å². The Hall–Kier alpha value is -2.33. The number of carbonyl (C=O) groups excluding carboxylic acids is 1. The summed E-state index contributed by atoms with van der Waals surface area (Å²) < 4.78 is 5.51. The maximum Gasteiger partial charge on any atom is 0.335 e. The van der Waals surface area contributed by atoms with Gasteiger partial charge in [0.15, 0.2) is 5.54 Å². The molecule has 114 valence electrons. The van der Waals surface area contributed by atoms with Gasteiger partial charge in [0.2, 0.25) is 0 Å². The molecule has 0 saturated carbocycles. The van der Waals surface area contributed by atoms with Crippen molar-refractivity contribution in [1.29, 1.82) is 0 Å². The SMILES string of the molecule is CC(C)(C)OC(=O)C1(N)C=C(N)c2cccc3cccc1c23. The van der Waals surface area contributed by atoms with Crippen LogP contribution in [0.5, 0.6) is 0 Å². The van der Waals surface area contributed by atoms with E-state index in [1.807, 2.05) is 57.2 Å². The van der Waals surface area contributed by atoms with Gasteiger partial charge in [-0.2, -0.15) is 0 Å². The van der Waals surface area contributed by atoms with Gasteiger partial charge in [0, 0.05) is 11.3 Å². The zero-order valence-electron chi connectivity index (χ0n) is 13.0. The highest BCUT2D eigenvalue weighted by Gasteiger charge is 2.42. The van der Waals surface area contributed by atoms with Crippen LogP contribution < -0.4 is 11.5 Å². The van der Waals surface area contributed by atoms with E-state index in [4.69, 9.17) is 16.2 Å². The van der Waals surface area contributed by atoms with E-state index in [2.05, 4.69) is 0 Å². The predicted molar refractivity (Wildman–Crippen MR) is 87.8 cm³/mol. The van der Waals surface area contributed by atoms with E-state index in [0.717, 1.165) is 21.9 Å². The van der Waals surface area contributed by atoms with E-state index in [1.165, 1.54) is 0 Å². The molecule has 0 bridgehead atoms. The normalized spacial score (nSPS) is 20.6. The zero-order valence-corrected chi connectivity index (χ0v) is 13.0. The van der Waals surface area contributed by atoms with Crippen LogP contribution in [-0.4, -0.2) is 11.6 Å². The maximum absolute atomic E-state index is 12.7. The second-order valence-corrected chi connectivity index (χ2v) is 6.68. The first kappa shape index (κ1) is 14.6. The number of ether oxygens (including phenoxy) is 1. The summed E-state index contributed by atoms with van der Waals surface area (Å²) in [6.07, 6.45) is 1.60. The van der Waals surface area contributed by atoms with Crippen molar-refractivity contribution in [3.63, 3.8) is 0 Å². The van der Waals surface area contributed by atoms with Crippen molar-refractivity contribution < 1.29 is 9.53 Å². The van der Waals surface area contributed by atoms with Crippen LogP contribution in [0.3, 0.4) is 0 Å². The lowest BCUT2D eigenvalue weighted by Gasteiger charge is -2.33. The van der Waals surface area contributed by atoms with E-state index in [9.17, 15) is 4.79 Å². The van der Waals surface area contributed by atoms with Gasteiger partial charge in [0.25, 0.3) is 0 Å². The van der Waals surface area contributed by atoms with Gasteiger partial charge in [0.05, 0.1) is 0 Å². The minimum atomic E-state index is -1.37. The number of hydrogen-bond donors (Lipinski definition) is 2. The number of benzene rings is 2. The molecule has 0 spiro atoms. The molecule has 1 unspecified atom stereocenters. The lowest BCUT2D eigenvalue weighted by Crippen LogP contribution is -2.48. The Balaban J connectivity index is 2.24. The number of nitrogens with two attached hydrogens (primary N) is 2. The highest BCUT2D eigenvalue weighted by molar-refractivity contribution is 6.04. The molecular weight excluding hydrogens is 276 g/mol. The predicted octanol–water partition coefficient (Wildman–Crippen LogP) is 2.65. The Labute approximate surface area is 129 Å². The fraction of sp³-hybridized carbons (Fsp3) is 0.278. The molecule has 2 aromatic rings. The first-order valence-electron chi connectivity index (χ1n) is 7.26. The molecule has 1 aliphatic rings. The van der Waals surface area contributed by atoms with Gasteiger partial charge >= 0.3 is 5.97 Å². The van der Waals surface area contributed by atoms with Crippen LogP contribution >= 0.6 is 0 Å². The molecule has 0 heterocycles. The standard InChI is InChI=1S/C18H20N2O2/c1-17(2,3)22-16(21)18(20)10-14(19)12-8-4-6-11-7-5-9-13(18)15(11)12/h4-10H,19-20H2,1-3H3. The first-order chi connectivity index (χ1) is 10.2. The Morgan fingerprint density at radius 3 is 2.41 bits per heavy atom. The van der Waals surface area contributed by atoms with E-state index in [-0.39, 0.29) is 0 Å². The van der Waals surface area contributed by atoms with Gasteiger partial charge in [-0.05, 0) is 43.2 Å². The number of rotatable bonds is 1. The fourth-order valence-electron chi connectivity index (χ4n) is 2.86. The molecule has 1 aliphatic carbocycles. The molecule has 3 rings (SSSR count). The van der Waals surface area contributed by atoms with E-state index in [1.54, 1.807) is 6.08 Å². The van der Waals surface area contributed by atoms with Gasteiger partial charge in [-0.15, -0.1) is 0 Å². The third-order valence-corrected chi connectivity index (χ3v) is 3.78. The summed E-state index contributed by atoms with van der Waals surface area (Å²) in [5.41, 5.74) is 12.7. The summed E-state index contributed by atoms with van der Waals surface area (Å²) in [4.78, 5) is 12.7. The van der Waals surface area contributed by atoms with Crippen molar-refractivity contribution in [3.05, 3.63) is 53.6 Å². The second kappa shape index (κ2) is 4.58. The zero-order chi connectivity index (χ0) is 16.1. The van der Waals surface area contributed by atoms with Crippen LogP contribution in [-0.2, 0) is 15.1 Å². The van der Waals surface area contributed by atoms with Gasteiger partial charge in [-0.25, -0.2) is 4.79 Å². The Morgan fingerprint density at radius 1 is 1.14 bits per heavy atom. The highest BCUT2D eigenvalue weighted by Crippen LogP contribution is 2.39. The van der Waals surface area contributed by atoms with Crippen molar-refractivity contribution in [1.82, 2.24) is 0 Å². The van der Waals surface area contributed by atoms with E-state index in [0.29, 0.717) is 5.70 Å². The smallest absolute Gasteiger partial charge is 0.335 e. The molecule has 0 aliphatic heterocycles. The van der Waals surface area contributed by atoms with Crippen molar-refractivity contribution in [2.24, 2.45) is 11.5 Å². The van der Waals surface area contributed by atoms with Crippen molar-refractivity contribution in [2.45, 2.75) is 31.9 Å². The van der Waals surface area contributed by atoms with Gasteiger partial charge < -0.3 is 16.2 Å². The van der Waals surface area contributed by atoms with E-state index >= 15 is 0 Å². The molecule has 4 nitrogen and oxygen atoms in total. The molecule has 0 amide bonds. The number of hydrogen-bond acceptors (Lipinski definition) is 4. The number of esters is 1. The third kappa shape index (κ3) is 2.16. The van der Waals surface area contributed by atoms with Crippen LogP contribution in [0.2, 0.25) is 0 Å². The van der Waals surface area contributed by atoms with Gasteiger partial charge in [-0.3, -0.25) is 0 Å². The number of carbonyl (C=O) groups is 1. The van der Waals surface area contributed by atoms with Gasteiger partial charge in [0.1, 0.15) is 5.60 Å². The lowest BCUT2D eigenvalue weighted by atomic mass is 9.79. The quantitative estimate of drug-likeness (QED) is 0.793. The lowest BCUT2D eigenvalue weighted by molar-refractivity contribution is -0.160. The molecule has 4 N–H and O–H groups in total. The summed E-state index contributed by atoms with van der Waals surface area (Å²) >= 11 is 0. The maximum atomic E-state index is 12.7. The molecule has 1 atom stereocenters. The minimum Gasteiger partial charge on any atom is -0.458 e. The first-order valence-corrected chi connectivity index (χ1v) is 7.26. The van der Waals surface area contributed by atoms with Crippen LogP contribution in [0, 0.1) is 0 Å². The molecule has 0 radical (unpaired) electrons. The molecule has 0 saturated heterocycles. The molecule has 22 heavy (non-hydrogen) atoms. The van der Waals surface area contributed by atoms with Crippen LogP contribution in [0.15, 0.2) is 42.5 Å². The Kier molecular flexibility index (Phi) is 3.04.